The molecule has 0 spiro atoms. The first-order valence-corrected chi connectivity index (χ1v) is 10.5. The maximum Gasteiger partial charge on any atom is 0.416 e. The fourth-order valence-electron chi connectivity index (χ4n) is 3.61. The highest BCUT2D eigenvalue weighted by molar-refractivity contribution is 8.18. The number of carbonyl (C=O) groups excluding carboxylic acids is 2. The third kappa shape index (κ3) is 4.73. The zero-order valence-electron chi connectivity index (χ0n) is 15.4. The molecule has 0 aromatic heterocycles. The second-order valence-corrected chi connectivity index (χ2v) is 8.90. The molecule has 0 atom stereocenters. The predicted molar refractivity (Wildman–Crippen MR) is 107 cm³/mol. The molecule has 1 N–H and O–H groups in total. The number of amides is 2. The number of nitrogens with one attached hydrogen (secondary N) is 1. The quantitative estimate of drug-likeness (QED) is 0.703. The monoisotopic (exact) mass is 445 g/mol. The number of nitrogens with zero attached hydrogens (tertiary/aromatic N) is 2. The molecule has 5 nitrogen and oxygen atoms in total. The van der Waals surface area contributed by atoms with E-state index >= 15 is 0 Å². The summed E-state index contributed by atoms with van der Waals surface area (Å²) in [4.78, 5) is 27.7. The molecule has 1 saturated carbocycles. The lowest BCUT2D eigenvalue weighted by molar-refractivity contribution is -0.137. The molecule has 1 aromatic carbocycles. The van der Waals surface area contributed by atoms with Crippen LogP contribution < -0.4 is 10.2 Å². The van der Waals surface area contributed by atoms with Gasteiger partial charge in [-0.25, -0.2) is 0 Å². The van der Waals surface area contributed by atoms with Crippen molar-refractivity contribution in [3.8, 4) is 0 Å². The molecule has 29 heavy (non-hydrogen) atoms. The van der Waals surface area contributed by atoms with Gasteiger partial charge in [0.15, 0.2) is 0 Å². The molecule has 3 fully saturated rings. The summed E-state index contributed by atoms with van der Waals surface area (Å²) in [6.45, 7) is 3.93. The average molecular weight is 446 g/mol. The van der Waals surface area contributed by atoms with E-state index in [0.29, 0.717) is 30.5 Å². The van der Waals surface area contributed by atoms with Crippen molar-refractivity contribution in [2.75, 3.05) is 37.6 Å². The molecule has 2 amide bonds. The van der Waals surface area contributed by atoms with Crippen LogP contribution in [0, 0.1) is 5.92 Å². The Balaban J connectivity index is 1.66. The molecule has 2 aliphatic heterocycles. The average Bonchev–Trinajstić information content (AvgIpc) is 3.39. The first-order chi connectivity index (χ1) is 13.7. The second-order valence-electron chi connectivity index (χ2n) is 7.48. The minimum absolute atomic E-state index is 0.0166. The summed E-state index contributed by atoms with van der Waals surface area (Å²) in [6.07, 6.45) is -0.723. The van der Waals surface area contributed by atoms with E-state index < -0.39 is 22.9 Å². The molecule has 0 bridgehead atoms. The summed E-state index contributed by atoms with van der Waals surface area (Å²) in [5.41, 5.74) is -0.237. The second kappa shape index (κ2) is 7.85. The number of piperazine rings is 1. The van der Waals surface area contributed by atoms with Crippen molar-refractivity contribution < 1.29 is 22.8 Å². The molecule has 156 valence electrons. The first-order valence-electron chi connectivity index (χ1n) is 9.33. The van der Waals surface area contributed by atoms with Crippen LogP contribution in [0.3, 0.4) is 0 Å². The molecule has 1 aliphatic carbocycles. The van der Waals surface area contributed by atoms with Gasteiger partial charge in [0.2, 0.25) is 0 Å². The highest BCUT2D eigenvalue weighted by Crippen LogP contribution is 2.40. The Morgan fingerprint density at radius 3 is 2.41 bits per heavy atom. The van der Waals surface area contributed by atoms with Crippen molar-refractivity contribution >= 4 is 46.3 Å². The van der Waals surface area contributed by atoms with Crippen molar-refractivity contribution in [1.82, 2.24) is 10.2 Å². The van der Waals surface area contributed by atoms with E-state index in [1.165, 1.54) is 18.9 Å². The van der Waals surface area contributed by atoms with E-state index in [1.54, 1.807) is 0 Å². The van der Waals surface area contributed by atoms with Crippen molar-refractivity contribution in [3.63, 3.8) is 0 Å². The van der Waals surface area contributed by atoms with Crippen LogP contribution in [0.5, 0.6) is 0 Å². The van der Waals surface area contributed by atoms with Crippen LogP contribution in [0.15, 0.2) is 17.0 Å². The van der Waals surface area contributed by atoms with Crippen LogP contribution >= 0.6 is 23.4 Å². The van der Waals surface area contributed by atoms with Crippen LogP contribution in [0.4, 0.5) is 23.7 Å². The summed E-state index contributed by atoms with van der Waals surface area (Å²) >= 11 is 6.96. The van der Waals surface area contributed by atoms with Gasteiger partial charge in [0.1, 0.15) is 0 Å². The van der Waals surface area contributed by atoms with Crippen LogP contribution in [-0.2, 0) is 11.0 Å². The lowest BCUT2D eigenvalue weighted by Gasteiger charge is -2.37. The molecule has 0 unspecified atom stereocenters. The summed E-state index contributed by atoms with van der Waals surface area (Å²) in [7, 11) is 0. The van der Waals surface area contributed by atoms with Crippen LogP contribution in [0.1, 0.15) is 24.0 Å². The molecule has 2 saturated heterocycles. The van der Waals surface area contributed by atoms with E-state index in [1.807, 2.05) is 4.90 Å². The van der Waals surface area contributed by atoms with Crippen molar-refractivity contribution in [1.29, 1.82) is 0 Å². The minimum Gasteiger partial charge on any atom is -0.367 e. The van der Waals surface area contributed by atoms with Gasteiger partial charge in [-0.3, -0.25) is 19.8 Å². The number of halogens is 4. The molecule has 10 heteroatoms. The van der Waals surface area contributed by atoms with Gasteiger partial charge in [-0.1, -0.05) is 11.6 Å². The van der Waals surface area contributed by atoms with Gasteiger partial charge in [0.25, 0.3) is 11.1 Å². The number of anilines is 1. The molecule has 1 aromatic rings. The number of rotatable bonds is 4. The number of hydrogen-bond acceptors (Lipinski definition) is 5. The predicted octanol–water partition coefficient (Wildman–Crippen LogP) is 4.21. The number of carbonyl (C=O) groups is 2. The van der Waals surface area contributed by atoms with E-state index in [9.17, 15) is 22.8 Å². The normalized spacial score (nSPS) is 22.5. The van der Waals surface area contributed by atoms with Gasteiger partial charge < -0.3 is 4.90 Å². The number of thioether (sulfide) groups is 1. The Kier molecular flexibility index (Phi) is 5.56. The van der Waals surface area contributed by atoms with Gasteiger partial charge in [-0.2, -0.15) is 13.2 Å². The molecular weight excluding hydrogens is 427 g/mol. The van der Waals surface area contributed by atoms with E-state index in [-0.39, 0.29) is 15.5 Å². The SMILES string of the molecule is O=C1NC(=O)C(=Cc2cc(C(F)(F)F)cc(Cl)c2N2CCN(CC3CC3)CC2)S1. The summed E-state index contributed by atoms with van der Waals surface area (Å²) in [6, 6.07) is 1.91. The van der Waals surface area contributed by atoms with Crippen molar-refractivity contribution in [2.24, 2.45) is 5.92 Å². The number of hydrogen-bond donors (Lipinski definition) is 1. The zero-order valence-corrected chi connectivity index (χ0v) is 17.0. The topological polar surface area (TPSA) is 52.7 Å². The van der Waals surface area contributed by atoms with Crippen LogP contribution in [-0.4, -0.2) is 48.8 Å². The Labute approximate surface area is 175 Å². The highest BCUT2D eigenvalue weighted by Gasteiger charge is 2.34. The Morgan fingerprint density at radius 1 is 1.17 bits per heavy atom. The summed E-state index contributed by atoms with van der Waals surface area (Å²) in [5, 5.41) is 1.55. The molecule has 2 heterocycles. The highest BCUT2D eigenvalue weighted by atomic mass is 35.5. The Bertz CT molecular complexity index is 878. The first kappa shape index (κ1) is 20.6. The number of imide groups is 1. The van der Waals surface area contributed by atoms with E-state index in [0.717, 1.165) is 37.7 Å². The van der Waals surface area contributed by atoms with Crippen molar-refractivity contribution in [2.45, 2.75) is 19.0 Å². The fraction of sp³-hybridized carbons (Fsp3) is 0.474. The molecule has 4 rings (SSSR count). The molecule has 0 radical (unpaired) electrons. The van der Waals surface area contributed by atoms with Crippen molar-refractivity contribution in [3.05, 3.63) is 33.2 Å². The smallest absolute Gasteiger partial charge is 0.367 e. The number of alkyl halides is 3. The largest absolute Gasteiger partial charge is 0.416 e. The molecular formula is C19H19ClF3N3O2S. The third-order valence-corrected chi connectivity index (χ3v) is 6.35. The maximum absolute atomic E-state index is 13.3. The van der Waals surface area contributed by atoms with Gasteiger partial charge in [0, 0.05) is 38.3 Å². The van der Waals surface area contributed by atoms with Crippen LogP contribution in [0.25, 0.3) is 6.08 Å². The van der Waals surface area contributed by atoms with Gasteiger partial charge in [-0.15, -0.1) is 0 Å². The van der Waals surface area contributed by atoms with E-state index in [4.69, 9.17) is 11.6 Å². The summed E-state index contributed by atoms with van der Waals surface area (Å²) in [5.74, 6) is 0.153. The summed E-state index contributed by atoms with van der Waals surface area (Å²) < 4.78 is 39.9. The Morgan fingerprint density at radius 2 is 1.86 bits per heavy atom. The maximum atomic E-state index is 13.3. The fourth-order valence-corrected chi connectivity index (χ4v) is 4.63. The lowest BCUT2D eigenvalue weighted by Crippen LogP contribution is -2.47. The standard InChI is InChI=1S/C19H19ClF3N3O2S/c20-14-9-13(19(21,22)23)7-12(8-15-17(27)24-18(28)29-15)16(14)26-5-3-25(4-6-26)10-11-1-2-11/h7-9,11H,1-6,10H2,(H,24,27,28). The van der Waals surface area contributed by atoms with Gasteiger partial charge in [0.05, 0.1) is 21.2 Å². The van der Waals surface area contributed by atoms with Crippen LogP contribution in [0.2, 0.25) is 5.02 Å². The lowest BCUT2D eigenvalue weighted by atomic mass is 10.0. The van der Waals surface area contributed by atoms with Gasteiger partial charge in [-0.05, 0) is 48.7 Å². The Hall–Kier alpha value is -1.71. The zero-order chi connectivity index (χ0) is 20.8. The van der Waals surface area contributed by atoms with E-state index in [2.05, 4.69) is 10.2 Å². The van der Waals surface area contributed by atoms with Gasteiger partial charge >= 0.3 is 6.18 Å². The third-order valence-electron chi connectivity index (χ3n) is 5.25. The minimum atomic E-state index is -4.57. The number of benzene rings is 1. The molecule has 3 aliphatic rings.